The van der Waals surface area contributed by atoms with Crippen LogP contribution in [-0.4, -0.2) is 25.8 Å². The number of halogens is 2. The van der Waals surface area contributed by atoms with E-state index in [1.807, 2.05) is 0 Å². The van der Waals surface area contributed by atoms with E-state index < -0.39 is 23.1 Å². The molecule has 0 fully saturated rings. The molecule has 3 N–H and O–H groups in total. The maximum absolute atomic E-state index is 13.3. The highest BCUT2D eigenvalue weighted by Gasteiger charge is 2.25. The van der Waals surface area contributed by atoms with Crippen LogP contribution < -0.4 is 16.6 Å². The summed E-state index contributed by atoms with van der Waals surface area (Å²) in [6.45, 7) is 0. The van der Waals surface area contributed by atoms with Crippen LogP contribution in [0.4, 0.5) is 5.69 Å². The van der Waals surface area contributed by atoms with Crippen LogP contribution in [0.2, 0.25) is 10.0 Å². The maximum Gasteiger partial charge on any atom is 0.349 e. The first-order valence-electron chi connectivity index (χ1n) is 9.66. The molecule has 0 aliphatic rings. The minimum Gasteiger partial charge on any atom is -0.506 e. The summed E-state index contributed by atoms with van der Waals surface area (Å²) in [6, 6.07) is 17.8. The van der Waals surface area contributed by atoms with Gasteiger partial charge in [-0.15, -0.1) is 0 Å². The first-order valence-corrected chi connectivity index (χ1v) is 10.4. The quantitative estimate of drug-likeness (QED) is 0.375. The summed E-state index contributed by atoms with van der Waals surface area (Å²) in [7, 11) is 0. The van der Waals surface area contributed by atoms with E-state index in [0.29, 0.717) is 16.1 Å². The minimum atomic E-state index is -0.811. The van der Waals surface area contributed by atoms with Crippen molar-refractivity contribution in [2.75, 3.05) is 5.32 Å². The summed E-state index contributed by atoms with van der Waals surface area (Å²) in [4.78, 5) is 38.8. The molecule has 3 aromatic carbocycles. The predicted octanol–water partition coefficient (Wildman–Crippen LogP) is 3.70. The Balaban J connectivity index is 1.77. The van der Waals surface area contributed by atoms with Gasteiger partial charge in [-0.2, -0.15) is 9.78 Å². The molecule has 0 spiro atoms. The molecule has 0 saturated carbocycles. The van der Waals surface area contributed by atoms with Gasteiger partial charge in [-0.1, -0.05) is 53.5 Å². The van der Waals surface area contributed by atoms with Gasteiger partial charge in [-0.25, -0.2) is 4.79 Å². The molecule has 1 heterocycles. The lowest BCUT2D eigenvalue weighted by atomic mass is 9.90. The molecule has 0 aliphatic carbocycles. The fraction of sp³-hybridized carbons (Fsp3) is 0.0435. The number of H-pyrrole nitrogens is 1. The van der Waals surface area contributed by atoms with Crippen molar-refractivity contribution in [1.82, 2.24) is 14.8 Å². The molecule has 1 aromatic heterocycles. The number of aromatic amines is 1. The molecule has 0 saturated heterocycles. The van der Waals surface area contributed by atoms with Crippen molar-refractivity contribution >= 4 is 34.8 Å². The number of carbonyl (C=O) groups excluding carboxylic acids is 1. The number of para-hydroxylation sites is 2. The average molecular weight is 483 g/mol. The Morgan fingerprint density at radius 2 is 1.70 bits per heavy atom. The van der Waals surface area contributed by atoms with Crippen LogP contribution >= 0.6 is 23.2 Å². The van der Waals surface area contributed by atoms with Crippen molar-refractivity contribution in [1.29, 1.82) is 0 Å². The van der Waals surface area contributed by atoms with Crippen LogP contribution in [0.3, 0.4) is 0 Å². The number of carbonyl (C=O) groups is 1. The van der Waals surface area contributed by atoms with Crippen molar-refractivity contribution in [3.05, 3.63) is 115 Å². The van der Waals surface area contributed by atoms with Crippen LogP contribution in [0.15, 0.2) is 82.5 Å². The van der Waals surface area contributed by atoms with Gasteiger partial charge in [0.25, 0.3) is 5.56 Å². The zero-order valence-corrected chi connectivity index (χ0v) is 18.3. The van der Waals surface area contributed by atoms with E-state index in [-0.39, 0.29) is 22.1 Å². The molecular weight excluding hydrogens is 467 g/mol. The molecule has 0 bridgehead atoms. The van der Waals surface area contributed by atoms with Gasteiger partial charge in [0.1, 0.15) is 11.9 Å². The van der Waals surface area contributed by atoms with E-state index in [1.165, 1.54) is 12.1 Å². The molecule has 10 heteroatoms. The zero-order valence-electron chi connectivity index (χ0n) is 16.8. The first kappa shape index (κ1) is 22.3. The number of nitrogens with one attached hydrogen (secondary N) is 2. The van der Waals surface area contributed by atoms with Gasteiger partial charge in [-0.3, -0.25) is 14.6 Å². The molecule has 166 valence electrons. The van der Waals surface area contributed by atoms with Crippen molar-refractivity contribution < 1.29 is 9.90 Å². The number of hydrogen-bond donors (Lipinski definition) is 3. The molecule has 1 amide bonds. The van der Waals surface area contributed by atoms with Gasteiger partial charge >= 0.3 is 5.69 Å². The molecular formula is C23H16Cl2N4O4. The fourth-order valence-corrected chi connectivity index (χ4v) is 3.73. The number of anilines is 1. The lowest BCUT2D eigenvalue weighted by molar-refractivity contribution is -0.116. The lowest BCUT2D eigenvalue weighted by Gasteiger charge is -2.19. The fourth-order valence-electron chi connectivity index (χ4n) is 3.33. The van der Waals surface area contributed by atoms with Crippen LogP contribution in [0.1, 0.15) is 17.0 Å². The van der Waals surface area contributed by atoms with E-state index in [1.54, 1.807) is 54.6 Å². The van der Waals surface area contributed by atoms with Gasteiger partial charge in [-0.05, 0) is 47.5 Å². The Labute approximate surface area is 197 Å². The number of phenols is 1. The monoisotopic (exact) mass is 482 g/mol. The number of aromatic hydroxyl groups is 1. The lowest BCUT2D eigenvalue weighted by Crippen LogP contribution is -2.30. The van der Waals surface area contributed by atoms with Gasteiger partial charge in [0.2, 0.25) is 5.91 Å². The SMILES string of the molecule is O=C(Nc1ccccc1O)C(c1ccc(Cl)cc1)c1ccc(-n2ncc(=O)[nH]c2=O)c(Cl)c1. The number of hydrogen-bond acceptors (Lipinski definition) is 5. The van der Waals surface area contributed by atoms with Crippen LogP contribution in [0.25, 0.3) is 5.69 Å². The van der Waals surface area contributed by atoms with Crippen molar-refractivity contribution in [2.24, 2.45) is 0 Å². The second-order valence-electron chi connectivity index (χ2n) is 7.05. The van der Waals surface area contributed by atoms with E-state index in [4.69, 9.17) is 23.2 Å². The Morgan fingerprint density at radius 3 is 2.36 bits per heavy atom. The topological polar surface area (TPSA) is 117 Å². The highest BCUT2D eigenvalue weighted by Crippen LogP contribution is 2.32. The van der Waals surface area contributed by atoms with Gasteiger partial charge in [0, 0.05) is 5.02 Å². The molecule has 1 atom stereocenters. The van der Waals surface area contributed by atoms with E-state index in [2.05, 4.69) is 15.4 Å². The van der Waals surface area contributed by atoms with Gasteiger partial charge in [0.15, 0.2) is 0 Å². The average Bonchev–Trinajstić information content (AvgIpc) is 2.78. The normalized spacial score (nSPS) is 11.7. The summed E-state index contributed by atoms with van der Waals surface area (Å²) >= 11 is 12.5. The van der Waals surface area contributed by atoms with Crippen molar-refractivity contribution in [2.45, 2.75) is 5.92 Å². The third-order valence-corrected chi connectivity index (χ3v) is 5.43. The molecule has 33 heavy (non-hydrogen) atoms. The zero-order chi connectivity index (χ0) is 23.5. The highest BCUT2D eigenvalue weighted by atomic mass is 35.5. The summed E-state index contributed by atoms with van der Waals surface area (Å²) in [5.74, 6) is -1.30. The van der Waals surface area contributed by atoms with Crippen LogP contribution in [-0.2, 0) is 4.79 Å². The molecule has 0 radical (unpaired) electrons. The maximum atomic E-state index is 13.3. The number of phenolic OH excluding ortho intramolecular Hbond substituents is 1. The third kappa shape index (κ3) is 4.82. The van der Waals surface area contributed by atoms with Crippen molar-refractivity contribution in [3.8, 4) is 11.4 Å². The first-order chi connectivity index (χ1) is 15.8. The number of nitrogens with zero attached hydrogens (tertiary/aromatic N) is 2. The third-order valence-electron chi connectivity index (χ3n) is 4.87. The largest absolute Gasteiger partial charge is 0.506 e. The molecule has 8 nitrogen and oxygen atoms in total. The summed E-state index contributed by atoms with van der Waals surface area (Å²) in [5, 5.41) is 17.2. The van der Waals surface area contributed by atoms with E-state index in [9.17, 15) is 19.5 Å². The Bertz CT molecular complexity index is 1450. The van der Waals surface area contributed by atoms with Crippen molar-refractivity contribution in [3.63, 3.8) is 0 Å². The Hall–Kier alpha value is -3.88. The Kier molecular flexibility index (Phi) is 6.30. The van der Waals surface area contributed by atoms with E-state index >= 15 is 0 Å². The highest BCUT2D eigenvalue weighted by molar-refractivity contribution is 6.32. The Morgan fingerprint density at radius 1 is 1.00 bits per heavy atom. The standard InChI is InChI=1S/C23H16Cl2N4O4/c24-15-8-5-13(6-9-15)21(22(32)27-17-3-1-2-4-19(17)30)14-7-10-18(16(25)11-14)29-23(33)28-20(31)12-26-29/h1-12,21,30H,(H,27,32)(H,28,31,33). The van der Waals surface area contributed by atoms with Crippen LogP contribution in [0, 0.1) is 0 Å². The van der Waals surface area contributed by atoms with Gasteiger partial charge in [0.05, 0.1) is 22.3 Å². The predicted molar refractivity (Wildman–Crippen MR) is 125 cm³/mol. The number of rotatable bonds is 5. The summed E-state index contributed by atoms with van der Waals surface area (Å²) in [5.41, 5.74) is 0.272. The molecule has 1 unspecified atom stereocenters. The number of benzene rings is 3. The molecule has 4 aromatic rings. The second kappa shape index (κ2) is 9.32. The summed E-state index contributed by atoms with van der Waals surface area (Å²) in [6.07, 6.45) is 0.960. The van der Waals surface area contributed by atoms with Crippen LogP contribution in [0.5, 0.6) is 5.75 Å². The molecule has 0 aliphatic heterocycles. The smallest absolute Gasteiger partial charge is 0.349 e. The number of amides is 1. The summed E-state index contributed by atoms with van der Waals surface area (Å²) < 4.78 is 0.951. The van der Waals surface area contributed by atoms with E-state index in [0.717, 1.165) is 10.9 Å². The van der Waals surface area contributed by atoms with Gasteiger partial charge < -0.3 is 10.4 Å². The molecule has 4 rings (SSSR count). The minimum absolute atomic E-state index is 0.0717. The second-order valence-corrected chi connectivity index (χ2v) is 7.90. The number of aromatic nitrogens is 3.